The molecule has 0 fully saturated rings. The Morgan fingerprint density at radius 2 is 1.17 bits per heavy atom. The van der Waals surface area contributed by atoms with E-state index in [4.69, 9.17) is 23.7 Å². The molecule has 1 aliphatic carbocycles. The molecule has 0 saturated carbocycles. The molecule has 2 aliphatic rings. The van der Waals surface area contributed by atoms with Crippen LogP contribution in [0.25, 0.3) is 28.0 Å². The van der Waals surface area contributed by atoms with Crippen molar-refractivity contribution in [1.29, 1.82) is 0 Å². The average Bonchev–Trinajstić information content (AvgIpc) is 3.40. The van der Waals surface area contributed by atoms with Gasteiger partial charge in [-0.05, 0) is 95.1 Å². The predicted molar refractivity (Wildman–Crippen MR) is 180 cm³/mol. The SMILES string of the molecule is CCC1(CC)c2cc(F)ccc2-c2c1c1c(c3cc(F)ccc23)OC(c2cc(OC)cc(OC)c2)(c2cc(OC)cc(OC)c2)C=C1. The molecule has 0 N–H and O–H groups in total. The zero-order chi connectivity index (χ0) is 33.1. The van der Waals surface area contributed by atoms with Gasteiger partial charge in [0.05, 0.1) is 28.4 Å². The van der Waals surface area contributed by atoms with Crippen LogP contribution in [0.5, 0.6) is 28.7 Å². The van der Waals surface area contributed by atoms with Crippen LogP contribution in [0, 0.1) is 11.6 Å². The van der Waals surface area contributed by atoms with E-state index < -0.39 is 11.0 Å². The summed E-state index contributed by atoms with van der Waals surface area (Å²) >= 11 is 0. The van der Waals surface area contributed by atoms with Gasteiger partial charge in [0.15, 0.2) is 5.60 Å². The normalized spacial score (nSPS) is 15.0. The van der Waals surface area contributed by atoms with Crippen LogP contribution >= 0.6 is 0 Å². The molecule has 0 aromatic heterocycles. The van der Waals surface area contributed by atoms with Gasteiger partial charge >= 0.3 is 0 Å². The fourth-order valence-electron chi connectivity index (χ4n) is 7.66. The second kappa shape index (κ2) is 11.3. The van der Waals surface area contributed by atoms with Gasteiger partial charge in [0.1, 0.15) is 40.4 Å². The number of halogens is 2. The third-order valence-corrected chi connectivity index (χ3v) is 10.0. The Kier molecular flexibility index (Phi) is 7.38. The summed E-state index contributed by atoms with van der Waals surface area (Å²) in [6.07, 6.45) is 5.57. The van der Waals surface area contributed by atoms with Crippen LogP contribution in [-0.2, 0) is 11.0 Å². The minimum absolute atomic E-state index is 0.281. The van der Waals surface area contributed by atoms with Crippen LogP contribution in [0.1, 0.15) is 54.5 Å². The summed E-state index contributed by atoms with van der Waals surface area (Å²) in [6.45, 7) is 4.27. The Morgan fingerprint density at radius 1 is 0.638 bits per heavy atom. The fourth-order valence-corrected chi connectivity index (χ4v) is 7.66. The first-order chi connectivity index (χ1) is 22.7. The Labute approximate surface area is 273 Å². The second-order valence-corrected chi connectivity index (χ2v) is 12.0. The van der Waals surface area contributed by atoms with Crippen molar-refractivity contribution in [2.24, 2.45) is 0 Å². The molecule has 47 heavy (non-hydrogen) atoms. The molecule has 0 saturated heterocycles. The zero-order valence-electron chi connectivity index (χ0n) is 27.3. The van der Waals surface area contributed by atoms with E-state index in [0.717, 1.165) is 57.2 Å². The van der Waals surface area contributed by atoms with Crippen molar-refractivity contribution in [2.45, 2.75) is 37.7 Å². The lowest BCUT2D eigenvalue weighted by Crippen LogP contribution is -2.35. The highest BCUT2D eigenvalue weighted by atomic mass is 19.1. The number of hydrogen-bond acceptors (Lipinski definition) is 5. The van der Waals surface area contributed by atoms with E-state index in [1.165, 1.54) is 18.2 Å². The number of fused-ring (bicyclic) bond motifs is 8. The maximum absolute atomic E-state index is 15.2. The van der Waals surface area contributed by atoms with Gasteiger partial charge in [0, 0.05) is 39.6 Å². The molecule has 0 amide bonds. The minimum atomic E-state index is -1.25. The van der Waals surface area contributed by atoms with E-state index in [1.54, 1.807) is 46.6 Å². The van der Waals surface area contributed by atoms with Gasteiger partial charge in [-0.3, -0.25) is 0 Å². The number of methoxy groups -OCH3 is 4. The summed E-state index contributed by atoms with van der Waals surface area (Å²) in [5.74, 6) is 2.18. The lowest BCUT2D eigenvalue weighted by atomic mass is 9.71. The lowest BCUT2D eigenvalue weighted by Gasteiger charge is -2.39. The summed E-state index contributed by atoms with van der Waals surface area (Å²) < 4.78 is 60.2. The van der Waals surface area contributed by atoms with Crippen LogP contribution in [0.2, 0.25) is 0 Å². The quantitative estimate of drug-likeness (QED) is 0.170. The molecule has 0 unspecified atom stereocenters. The maximum atomic E-state index is 15.2. The summed E-state index contributed by atoms with van der Waals surface area (Å²) in [7, 11) is 6.40. The Morgan fingerprint density at radius 3 is 1.70 bits per heavy atom. The van der Waals surface area contributed by atoms with Crippen molar-refractivity contribution in [1.82, 2.24) is 0 Å². The number of ether oxygens (including phenoxy) is 5. The maximum Gasteiger partial charge on any atom is 0.178 e. The van der Waals surface area contributed by atoms with Crippen LogP contribution < -0.4 is 23.7 Å². The van der Waals surface area contributed by atoms with Crippen LogP contribution in [0.3, 0.4) is 0 Å². The number of hydrogen-bond donors (Lipinski definition) is 0. The first kappa shape index (κ1) is 30.6. The van der Waals surface area contributed by atoms with Gasteiger partial charge in [-0.1, -0.05) is 32.1 Å². The molecule has 7 heteroatoms. The van der Waals surface area contributed by atoms with Gasteiger partial charge in [0.2, 0.25) is 0 Å². The smallest absolute Gasteiger partial charge is 0.178 e. The molecule has 0 radical (unpaired) electrons. The summed E-state index contributed by atoms with van der Waals surface area (Å²) in [6, 6.07) is 21.0. The molecule has 5 nitrogen and oxygen atoms in total. The molecular formula is C40H36F2O5. The molecule has 7 rings (SSSR count). The predicted octanol–water partition coefficient (Wildman–Crippen LogP) is 9.59. The van der Waals surface area contributed by atoms with Crippen LogP contribution in [-0.4, -0.2) is 28.4 Å². The first-order valence-electron chi connectivity index (χ1n) is 15.7. The summed E-state index contributed by atoms with van der Waals surface area (Å²) in [5.41, 5.74) is 4.52. The molecule has 5 aromatic carbocycles. The molecule has 0 bridgehead atoms. The fraction of sp³-hybridized carbons (Fsp3) is 0.250. The monoisotopic (exact) mass is 634 g/mol. The van der Waals surface area contributed by atoms with E-state index in [9.17, 15) is 4.39 Å². The second-order valence-electron chi connectivity index (χ2n) is 12.0. The Bertz CT molecular complexity index is 1980. The molecule has 1 aliphatic heterocycles. The van der Waals surface area contributed by atoms with Crippen LogP contribution in [0.4, 0.5) is 8.78 Å². The van der Waals surface area contributed by atoms with Gasteiger partial charge in [0.25, 0.3) is 0 Å². The topological polar surface area (TPSA) is 46.2 Å². The molecule has 240 valence electrons. The van der Waals surface area contributed by atoms with Gasteiger partial charge in [-0.15, -0.1) is 0 Å². The van der Waals surface area contributed by atoms with Crippen molar-refractivity contribution >= 4 is 16.8 Å². The number of benzene rings is 5. The lowest BCUT2D eigenvalue weighted by molar-refractivity contribution is 0.161. The molecule has 1 heterocycles. The van der Waals surface area contributed by atoms with Crippen molar-refractivity contribution in [3.8, 4) is 39.9 Å². The van der Waals surface area contributed by atoms with Gasteiger partial charge in [-0.25, -0.2) is 8.78 Å². The van der Waals surface area contributed by atoms with Gasteiger partial charge in [-0.2, -0.15) is 0 Å². The summed E-state index contributed by atoms with van der Waals surface area (Å²) in [4.78, 5) is 0. The van der Waals surface area contributed by atoms with E-state index in [1.807, 2.05) is 42.5 Å². The zero-order valence-corrected chi connectivity index (χ0v) is 27.3. The highest BCUT2D eigenvalue weighted by Crippen LogP contribution is 2.60. The third kappa shape index (κ3) is 4.47. The Balaban J connectivity index is 1.61. The van der Waals surface area contributed by atoms with Gasteiger partial charge < -0.3 is 23.7 Å². The molecule has 0 atom stereocenters. The first-order valence-corrected chi connectivity index (χ1v) is 15.7. The number of rotatable bonds is 8. The van der Waals surface area contributed by atoms with E-state index in [0.29, 0.717) is 34.1 Å². The molecule has 5 aromatic rings. The Hall–Kier alpha value is -5.04. The highest BCUT2D eigenvalue weighted by Gasteiger charge is 2.47. The third-order valence-electron chi connectivity index (χ3n) is 10.0. The molecule has 0 spiro atoms. The van der Waals surface area contributed by atoms with Crippen molar-refractivity contribution in [3.63, 3.8) is 0 Å². The van der Waals surface area contributed by atoms with Crippen molar-refractivity contribution < 1.29 is 32.5 Å². The van der Waals surface area contributed by atoms with Crippen molar-refractivity contribution in [3.05, 3.63) is 118 Å². The minimum Gasteiger partial charge on any atom is -0.497 e. The van der Waals surface area contributed by atoms with E-state index in [2.05, 4.69) is 19.9 Å². The standard InChI is InChI=1S/C40H36F2O5/c1-7-39(8-2)35-20-26(42)10-12-32(35)36-31-11-9-25(41)19-34(31)38-33(37(36)39)13-14-40(47-38,23-15-27(43-3)21-28(16-23)44-4)24-17-29(45-5)22-30(18-24)46-6/h9-22H,7-8H2,1-6H3. The highest BCUT2D eigenvalue weighted by molar-refractivity contribution is 6.08. The van der Waals surface area contributed by atoms with Crippen molar-refractivity contribution in [2.75, 3.05) is 28.4 Å². The molecular weight excluding hydrogens is 598 g/mol. The average molecular weight is 635 g/mol. The van der Waals surface area contributed by atoms with E-state index >= 15 is 4.39 Å². The largest absolute Gasteiger partial charge is 0.497 e. The summed E-state index contributed by atoms with van der Waals surface area (Å²) in [5, 5.41) is 1.46. The van der Waals surface area contributed by atoms with Crippen LogP contribution in [0.15, 0.2) is 78.9 Å². The van der Waals surface area contributed by atoms with E-state index in [-0.39, 0.29) is 11.6 Å².